The number of nitrogens with two attached hydrogens (primary N) is 1. The summed E-state index contributed by atoms with van der Waals surface area (Å²) in [4.78, 5) is 27.9. The Bertz CT molecular complexity index is 738. The van der Waals surface area contributed by atoms with E-state index >= 15 is 0 Å². The molecule has 23 heavy (non-hydrogen) atoms. The Morgan fingerprint density at radius 1 is 1.65 bits per heavy atom. The Hall–Kier alpha value is -2.75. The van der Waals surface area contributed by atoms with Crippen molar-refractivity contribution in [3.63, 3.8) is 0 Å². The van der Waals surface area contributed by atoms with Gasteiger partial charge < -0.3 is 20.7 Å². The second kappa shape index (κ2) is 7.01. The lowest BCUT2D eigenvalue weighted by Crippen LogP contribution is -2.23. The van der Waals surface area contributed by atoms with Crippen LogP contribution in [0.25, 0.3) is 0 Å². The third kappa shape index (κ3) is 3.72. The van der Waals surface area contributed by atoms with Crippen LogP contribution >= 0.6 is 11.3 Å². The number of hydrogen-bond acceptors (Lipinski definition) is 7. The third-order valence-electron chi connectivity index (χ3n) is 3.06. The fourth-order valence-electron chi connectivity index (χ4n) is 1.94. The van der Waals surface area contributed by atoms with E-state index in [2.05, 4.69) is 10.3 Å². The fraction of sp³-hybridized carbons (Fsp3) is 0.308. The molecule has 1 unspecified atom stereocenters. The van der Waals surface area contributed by atoms with Gasteiger partial charge >= 0.3 is 11.8 Å². The number of amidine groups is 1. The number of aromatic nitrogens is 2. The third-order valence-corrected chi connectivity index (χ3v) is 3.95. The smallest absolute Gasteiger partial charge is 0.380 e. The van der Waals surface area contributed by atoms with E-state index < -0.39 is 16.9 Å². The summed E-state index contributed by atoms with van der Waals surface area (Å²) in [6, 6.07) is 4.02. The lowest BCUT2D eigenvalue weighted by atomic mass is 10.2. The summed E-state index contributed by atoms with van der Waals surface area (Å²) < 4.78 is 1.26. The van der Waals surface area contributed by atoms with Gasteiger partial charge in [0.1, 0.15) is 0 Å². The number of thiophene rings is 1. The highest BCUT2D eigenvalue weighted by Crippen LogP contribution is 2.20. The van der Waals surface area contributed by atoms with E-state index in [1.54, 1.807) is 26.0 Å². The van der Waals surface area contributed by atoms with Crippen LogP contribution in [-0.4, -0.2) is 26.5 Å². The van der Waals surface area contributed by atoms with Crippen LogP contribution in [-0.2, 0) is 9.63 Å². The number of carbonyl (C=O) groups excluding carboxylic acids is 1. The quantitative estimate of drug-likeness (QED) is 0.282. The average Bonchev–Trinajstić information content (AvgIpc) is 3.16. The number of aryl methyl sites for hydroxylation is 1. The van der Waals surface area contributed by atoms with Crippen molar-refractivity contribution in [1.82, 2.24) is 9.78 Å². The summed E-state index contributed by atoms with van der Waals surface area (Å²) in [5.41, 5.74) is 6.20. The lowest BCUT2D eigenvalue weighted by Gasteiger charge is -2.10. The van der Waals surface area contributed by atoms with Crippen molar-refractivity contribution in [2.24, 2.45) is 10.9 Å². The van der Waals surface area contributed by atoms with Gasteiger partial charge in [-0.15, -0.1) is 11.3 Å². The number of nitro groups is 1. The van der Waals surface area contributed by atoms with Gasteiger partial charge in [0.2, 0.25) is 0 Å². The first kappa shape index (κ1) is 16.6. The maximum Gasteiger partial charge on any atom is 0.390 e. The molecular formula is C13H15N5O4S. The van der Waals surface area contributed by atoms with Gasteiger partial charge in [-0.25, -0.2) is 4.79 Å². The molecule has 2 heterocycles. The van der Waals surface area contributed by atoms with E-state index in [1.165, 1.54) is 22.1 Å². The topological polar surface area (TPSA) is 126 Å². The standard InChI is InChI=1S/C13H15N5O4S/c1-3-9(17-8(2)7-11(15-17)18(20)21)13(19)22-16-12(14)10-5-4-6-23-10/h4-7,9H,3H2,1-2H3,(H2,14,16). The molecule has 0 aliphatic carbocycles. The molecule has 0 spiro atoms. The van der Waals surface area contributed by atoms with Gasteiger partial charge in [-0.2, -0.15) is 4.68 Å². The number of nitrogens with zero attached hydrogens (tertiary/aromatic N) is 4. The molecule has 2 aromatic heterocycles. The predicted molar refractivity (Wildman–Crippen MR) is 84.1 cm³/mol. The maximum absolute atomic E-state index is 12.2. The van der Waals surface area contributed by atoms with Crippen molar-refractivity contribution in [2.45, 2.75) is 26.3 Å². The van der Waals surface area contributed by atoms with Crippen molar-refractivity contribution in [3.8, 4) is 0 Å². The molecular weight excluding hydrogens is 322 g/mol. The van der Waals surface area contributed by atoms with E-state index in [1.807, 2.05) is 5.38 Å². The van der Waals surface area contributed by atoms with Gasteiger partial charge in [-0.1, -0.05) is 18.1 Å². The van der Waals surface area contributed by atoms with E-state index in [9.17, 15) is 14.9 Å². The van der Waals surface area contributed by atoms with Gasteiger partial charge in [0.05, 0.1) is 21.7 Å². The van der Waals surface area contributed by atoms with E-state index in [4.69, 9.17) is 10.6 Å². The molecule has 0 radical (unpaired) electrons. The second-order valence-electron chi connectivity index (χ2n) is 4.63. The van der Waals surface area contributed by atoms with Crippen LogP contribution < -0.4 is 5.73 Å². The van der Waals surface area contributed by atoms with Crippen molar-refractivity contribution in [3.05, 3.63) is 44.3 Å². The molecule has 0 amide bonds. The Labute approximate surface area is 135 Å². The average molecular weight is 337 g/mol. The molecule has 0 fully saturated rings. The SMILES string of the molecule is CCC(C(=O)O/N=C(\N)c1cccs1)n1nc([N+](=O)[O-])cc1C. The zero-order valence-corrected chi connectivity index (χ0v) is 13.3. The van der Waals surface area contributed by atoms with Crippen LogP contribution in [0.3, 0.4) is 0 Å². The predicted octanol–water partition coefficient (Wildman–Crippen LogP) is 1.98. The normalized spacial score (nSPS) is 12.9. The van der Waals surface area contributed by atoms with Crippen LogP contribution in [0.15, 0.2) is 28.7 Å². The van der Waals surface area contributed by atoms with Crippen LogP contribution in [0.5, 0.6) is 0 Å². The van der Waals surface area contributed by atoms with Gasteiger partial charge in [0, 0.05) is 0 Å². The monoisotopic (exact) mass is 337 g/mol. The van der Waals surface area contributed by atoms with Crippen LogP contribution in [0.1, 0.15) is 30.0 Å². The first-order valence-electron chi connectivity index (χ1n) is 6.72. The fourth-order valence-corrected chi connectivity index (χ4v) is 2.56. The first-order chi connectivity index (χ1) is 10.9. The Kier molecular flexibility index (Phi) is 5.06. The largest absolute Gasteiger partial charge is 0.390 e. The number of oxime groups is 1. The summed E-state index contributed by atoms with van der Waals surface area (Å²) in [6.07, 6.45) is 0.340. The molecule has 2 N–H and O–H groups in total. The Balaban J connectivity index is 2.16. The minimum atomic E-state index is -0.816. The summed E-state index contributed by atoms with van der Waals surface area (Å²) in [6.45, 7) is 3.37. The van der Waals surface area contributed by atoms with Gasteiger partial charge in [-0.05, 0) is 29.7 Å². The van der Waals surface area contributed by atoms with Crippen molar-refractivity contribution < 1.29 is 14.6 Å². The van der Waals surface area contributed by atoms with Crippen molar-refractivity contribution in [1.29, 1.82) is 0 Å². The highest BCUT2D eigenvalue weighted by molar-refractivity contribution is 7.12. The van der Waals surface area contributed by atoms with Crippen LogP contribution in [0.2, 0.25) is 0 Å². The molecule has 9 nitrogen and oxygen atoms in total. The molecule has 0 aliphatic heterocycles. The molecule has 1 atom stereocenters. The molecule has 10 heteroatoms. The molecule has 0 aromatic carbocycles. The molecule has 2 aromatic rings. The zero-order valence-electron chi connectivity index (χ0n) is 12.5. The highest BCUT2D eigenvalue weighted by Gasteiger charge is 2.28. The Morgan fingerprint density at radius 3 is 2.91 bits per heavy atom. The van der Waals surface area contributed by atoms with E-state index in [0.717, 1.165) is 0 Å². The van der Waals surface area contributed by atoms with Crippen LogP contribution in [0, 0.1) is 17.0 Å². The summed E-state index contributed by atoms with van der Waals surface area (Å²) in [5.74, 6) is -0.921. The minimum absolute atomic E-state index is 0.0892. The summed E-state index contributed by atoms with van der Waals surface area (Å²) in [5, 5.41) is 20.0. The van der Waals surface area contributed by atoms with E-state index in [0.29, 0.717) is 17.0 Å². The van der Waals surface area contributed by atoms with Gasteiger partial charge in [0.25, 0.3) is 0 Å². The number of carbonyl (C=O) groups is 1. The maximum atomic E-state index is 12.2. The second-order valence-corrected chi connectivity index (χ2v) is 5.58. The van der Waals surface area contributed by atoms with Crippen LogP contribution in [0.4, 0.5) is 5.82 Å². The zero-order chi connectivity index (χ0) is 17.0. The van der Waals surface area contributed by atoms with Gasteiger partial charge in [-0.3, -0.25) is 0 Å². The highest BCUT2D eigenvalue weighted by atomic mass is 32.1. The summed E-state index contributed by atoms with van der Waals surface area (Å²) in [7, 11) is 0. The molecule has 122 valence electrons. The molecule has 0 saturated heterocycles. The number of rotatable bonds is 6. The number of hydrogen-bond donors (Lipinski definition) is 1. The van der Waals surface area contributed by atoms with E-state index in [-0.39, 0.29) is 11.7 Å². The van der Waals surface area contributed by atoms with Crippen molar-refractivity contribution >= 4 is 29.0 Å². The van der Waals surface area contributed by atoms with Crippen molar-refractivity contribution in [2.75, 3.05) is 0 Å². The molecule has 0 saturated carbocycles. The molecule has 2 rings (SSSR count). The summed E-state index contributed by atoms with van der Waals surface area (Å²) >= 11 is 1.36. The first-order valence-corrected chi connectivity index (χ1v) is 7.60. The molecule has 0 bridgehead atoms. The van der Waals surface area contributed by atoms with Gasteiger partial charge in [0.15, 0.2) is 11.9 Å². The minimum Gasteiger partial charge on any atom is -0.380 e. The molecule has 0 aliphatic rings. The Morgan fingerprint density at radius 2 is 2.39 bits per heavy atom. The lowest BCUT2D eigenvalue weighted by molar-refractivity contribution is -0.389.